The Hall–Kier alpha value is -1.69. The first-order chi connectivity index (χ1) is 8.52. The van der Waals surface area contributed by atoms with Crippen LogP contribution < -0.4 is 0 Å². The Labute approximate surface area is 106 Å². The molecule has 0 atom stereocenters. The Morgan fingerprint density at radius 3 is 2.56 bits per heavy atom. The van der Waals surface area contributed by atoms with E-state index in [0.717, 1.165) is 28.8 Å². The molecule has 0 N–H and O–H groups in total. The van der Waals surface area contributed by atoms with Crippen LogP contribution in [-0.4, -0.2) is 22.6 Å². The minimum absolute atomic E-state index is 0.216. The van der Waals surface area contributed by atoms with Gasteiger partial charge in [-0.15, -0.1) is 0 Å². The molecule has 1 heterocycles. The topological polar surface area (TPSA) is 37.4 Å². The highest BCUT2D eigenvalue weighted by Gasteiger charge is 2.33. The van der Waals surface area contributed by atoms with Gasteiger partial charge in [-0.25, -0.2) is 8.78 Å². The number of thioether (sulfide) groups is 1. The quantitative estimate of drug-likeness (QED) is 0.774. The van der Waals surface area contributed by atoms with Crippen LogP contribution in [0, 0.1) is 11.6 Å². The maximum atomic E-state index is 13.0. The van der Waals surface area contributed by atoms with Crippen molar-refractivity contribution in [3.63, 3.8) is 0 Å². The molecule has 18 heavy (non-hydrogen) atoms. The van der Waals surface area contributed by atoms with Gasteiger partial charge in [-0.1, -0.05) is 6.07 Å². The van der Waals surface area contributed by atoms with Crippen LogP contribution in [0.5, 0.6) is 0 Å². The largest absolute Gasteiger partial charge is 0.293 e. The smallest absolute Gasteiger partial charge is 0.269 e. The second-order valence-electron chi connectivity index (χ2n) is 3.60. The van der Waals surface area contributed by atoms with Crippen molar-refractivity contribution in [2.24, 2.45) is 0 Å². The van der Waals surface area contributed by atoms with Crippen LogP contribution in [0.15, 0.2) is 23.1 Å². The highest BCUT2D eigenvalue weighted by molar-refractivity contribution is 8.18. The van der Waals surface area contributed by atoms with Crippen molar-refractivity contribution in [2.75, 3.05) is 6.54 Å². The molecule has 6 heteroatoms. The van der Waals surface area contributed by atoms with E-state index >= 15 is 0 Å². The van der Waals surface area contributed by atoms with Crippen LogP contribution in [0.4, 0.5) is 13.6 Å². The molecule has 2 amide bonds. The molecule has 0 bridgehead atoms. The number of nitrogens with zero attached hydrogens (tertiary/aromatic N) is 1. The zero-order valence-electron chi connectivity index (χ0n) is 9.44. The molecule has 1 saturated heterocycles. The summed E-state index contributed by atoms with van der Waals surface area (Å²) in [5.74, 6) is -2.34. The molecular weight excluding hydrogens is 260 g/mol. The van der Waals surface area contributed by atoms with Gasteiger partial charge in [-0.3, -0.25) is 14.5 Å². The molecule has 0 aliphatic carbocycles. The molecule has 1 aromatic rings. The van der Waals surface area contributed by atoms with Crippen molar-refractivity contribution in [1.29, 1.82) is 0 Å². The van der Waals surface area contributed by atoms with Crippen molar-refractivity contribution in [1.82, 2.24) is 4.90 Å². The molecule has 0 aromatic heterocycles. The third kappa shape index (κ3) is 2.28. The van der Waals surface area contributed by atoms with Crippen LogP contribution in [0.1, 0.15) is 12.5 Å². The second-order valence-corrected chi connectivity index (χ2v) is 4.59. The van der Waals surface area contributed by atoms with Crippen LogP contribution in [0.2, 0.25) is 0 Å². The minimum atomic E-state index is -0.988. The van der Waals surface area contributed by atoms with Crippen LogP contribution >= 0.6 is 11.8 Å². The fourth-order valence-corrected chi connectivity index (χ4v) is 2.43. The van der Waals surface area contributed by atoms with Gasteiger partial charge in [-0.2, -0.15) is 0 Å². The fourth-order valence-electron chi connectivity index (χ4n) is 1.53. The summed E-state index contributed by atoms with van der Waals surface area (Å²) < 4.78 is 25.7. The van der Waals surface area contributed by atoms with Gasteiger partial charge in [0.2, 0.25) is 0 Å². The number of halogens is 2. The van der Waals surface area contributed by atoms with E-state index in [4.69, 9.17) is 0 Å². The van der Waals surface area contributed by atoms with Gasteiger partial charge in [0.1, 0.15) is 0 Å². The van der Waals surface area contributed by atoms with Crippen LogP contribution in [0.25, 0.3) is 6.08 Å². The lowest BCUT2D eigenvalue weighted by Gasteiger charge is -2.06. The zero-order chi connectivity index (χ0) is 13.3. The first-order valence-electron chi connectivity index (χ1n) is 5.23. The second kappa shape index (κ2) is 4.89. The number of hydrogen-bond donors (Lipinski definition) is 0. The Bertz CT molecular complexity index is 557. The van der Waals surface area contributed by atoms with Gasteiger partial charge in [-0.05, 0) is 42.5 Å². The molecule has 0 spiro atoms. The number of imide groups is 1. The van der Waals surface area contributed by atoms with Gasteiger partial charge in [0.25, 0.3) is 11.1 Å². The van der Waals surface area contributed by atoms with E-state index in [1.165, 1.54) is 12.1 Å². The lowest BCUT2D eigenvalue weighted by atomic mass is 10.2. The number of carbonyl (C=O) groups excluding carboxylic acids is 2. The normalized spacial score (nSPS) is 17.9. The van der Waals surface area contributed by atoms with Gasteiger partial charge in [0.05, 0.1) is 4.91 Å². The Kier molecular flexibility index (Phi) is 3.47. The van der Waals surface area contributed by atoms with Gasteiger partial charge < -0.3 is 0 Å². The summed E-state index contributed by atoms with van der Waals surface area (Å²) in [7, 11) is 0. The molecule has 1 fully saturated rings. The Morgan fingerprint density at radius 1 is 1.28 bits per heavy atom. The van der Waals surface area contributed by atoms with E-state index in [2.05, 4.69) is 0 Å². The molecule has 1 aliphatic rings. The van der Waals surface area contributed by atoms with E-state index in [-0.39, 0.29) is 10.1 Å². The predicted molar refractivity (Wildman–Crippen MR) is 64.7 cm³/mol. The van der Waals surface area contributed by atoms with E-state index < -0.39 is 17.5 Å². The number of rotatable bonds is 2. The maximum absolute atomic E-state index is 13.0. The van der Waals surface area contributed by atoms with Crippen molar-refractivity contribution in [2.45, 2.75) is 6.92 Å². The number of hydrogen-bond acceptors (Lipinski definition) is 3. The molecule has 0 unspecified atom stereocenters. The van der Waals surface area contributed by atoms with Gasteiger partial charge in [0, 0.05) is 6.54 Å². The van der Waals surface area contributed by atoms with Crippen molar-refractivity contribution in [3.05, 3.63) is 40.3 Å². The standard InChI is InChI=1S/C12H9F2NO2S/c1-2-15-11(16)10(18-12(15)17)6-7-3-4-8(13)9(14)5-7/h3-6H,2H2,1H3/b10-6+. The summed E-state index contributed by atoms with van der Waals surface area (Å²) in [5.41, 5.74) is 0.343. The average molecular weight is 269 g/mol. The van der Waals surface area contributed by atoms with E-state index in [9.17, 15) is 18.4 Å². The predicted octanol–water partition coefficient (Wildman–Crippen LogP) is 3.02. The number of likely N-dealkylation sites (N-methyl/N-ethyl adjacent to an activating group) is 1. The van der Waals surface area contributed by atoms with E-state index in [1.807, 2.05) is 0 Å². The number of amides is 2. The van der Waals surface area contributed by atoms with E-state index in [0.29, 0.717) is 12.1 Å². The fraction of sp³-hybridized carbons (Fsp3) is 0.167. The lowest BCUT2D eigenvalue weighted by Crippen LogP contribution is -2.27. The van der Waals surface area contributed by atoms with Crippen molar-refractivity contribution >= 4 is 29.0 Å². The minimum Gasteiger partial charge on any atom is -0.269 e. The summed E-state index contributed by atoms with van der Waals surface area (Å²) in [5, 5.41) is -0.351. The molecule has 0 saturated carbocycles. The first kappa shape index (κ1) is 12.8. The highest BCUT2D eigenvalue weighted by atomic mass is 32.2. The highest BCUT2D eigenvalue weighted by Crippen LogP contribution is 2.31. The average Bonchev–Trinajstić information content (AvgIpc) is 2.59. The van der Waals surface area contributed by atoms with Gasteiger partial charge in [0.15, 0.2) is 11.6 Å². The Balaban J connectivity index is 2.32. The Morgan fingerprint density at radius 2 is 2.00 bits per heavy atom. The van der Waals surface area contributed by atoms with Crippen molar-refractivity contribution in [3.8, 4) is 0 Å². The zero-order valence-corrected chi connectivity index (χ0v) is 10.3. The third-order valence-corrected chi connectivity index (χ3v) is 3.34. The molecule has 1 aromatic carbocycles. The molecule has 94 valence electrons. The maximum Gasteiger partial charge on any atom is 0.293 e. The number of benzene rings is 1. The molecular formula is C12H9F2NO2S. The molecule has 2 rings (SSSR count). The summed E-state index contributed by atoms with van der Waals surface area (Å²) >= 11 is 0.794. The van der Waals surface area contributed by atoms with Crippen molar-refractivity contribution < 1.29 is 18.4 Å². The third-order valence-electron chi connectivity index (χ3n) is 2.43. The first-order valence-corrected chi connectivity index (χ1v) is 6.05. The van der Waals surface area contributed by atoms with Gasteiger partial charge >= 0.3 is 0 Å². The molecule has 0 radical (unpaired) electrons. The number of carbonyl (C=O) groups is 2. The summed E-state index contributed by atoms with van der Waals surface area (Å²) in [6.45, 7) is 1.98. The molecule has 1 aliphatic heterocycles. The van der Waals surface area contributed by atoms with Crippen LogP contribution in [-0.2, 0) is 4.79 Å². The summed E-state index contributed by atoms with van der Waals surface area (Å²) in [6, 6.07) is 3.30. The summed E-state index contributed by atoms with van der Waals surface area (Å²) in [4.78, 5) is 24.5. The van der Waals surface area contributed by atoms with E-state index in [1.54, 1.807) is 6.92 Å². The SMILES string of the molecule is CCN1C(=O)S/C(=C/c2ccc(F)c(F)c2)C1=O. The monoisotopic (exact) mass is 269 g/mol. The summed E-state index contributed by atoms with van der Waals surface area (Å²) in [6.07, 6.45) is 1.38. The van der Waals surface area contributed by atoms with Crippen LogP contribution in [0.3, 0.4) is 0 Å². The molecule has 3 nitrogen and oxygen atoms in total. The lowest BCUT2D eigenvalue weighted by molar-refractivity contribution is -0.122.